The van der Waals surface area contributed by atoms with E-state index >= 15 is 0 Å². The number of fused-ring (bicyclic) bond motifs is 2. The van der Waals surface area contributed by atoms with Crippen LogP contribution >= 0.6 is 0 Å². The van der Waals surface area contributed by atoms with Gasteiger partial charge in [0.1, 0.15) is 6.10 Å². The highest BCUT2D eigenvalue weighted by atomic mass is 127. The molecule has 0 amide bonds. The zero-order valence-corrected chi connectivity index (χ0v) is 21.0. The second kappa shape index (κ2) is 10.2. The molecule has 166 valence electrons. The fourth-order valence-corrected chi connectivity index (χ4v) is 6.59. The average Bonchev–Trinajstić information content (AvgIpc) is 2.90. The summed E-state index contributed by atoms with van der Waals surface area (Å²) in [6.07, 6.45) is 10.2. The number of quaternary nitrogens is 1. The van der Waals surface area contributed by atoms with Crippen LogP contribution in [0.5, 0.6) is 0 Å². The van der Waals surface area contributed by atoms with Crippen molar-refractivity contribution in [2.75, 3.05) is 13.1 Å². The maximum Gasteiger partial charge on any atom is 0.313 e. The van der Waals surface area contributed by atoms with Crippen LogP contribution in [0.2, 0.25) is 0 Å². The zero-order valence-electron chi connectivity index (χ0n) is 18.9. The predicted octanol–water partition coefficient (Wildman–Crippen LogP) is 2.60. The van der Waals surface area contributed by atoms with E-state index in [-0.39, 0.29) is 42.0 Å². The average molecular weight is 523 g/mol. The van der Waals surface area contributed by atoms with Crippen molar-refractivity contribution < 1.29 is 38.0 Å². The molecule has 2 saturated heterocycles. The van der Waals surface area contributed by atoms with Gasteiger partial charge in [-0.15, -0.1) is 0 Å². The topological polar surface area (TPSA) is 26.3 Å². The van der Waals surface area contributed by atoms with Crippen molar-refractivity contribution in [2.45, 2.75) is 83.9 Å². The zero-order chi connectivity index (χ0) is 20.4. The molecule has 1 aliphatic carbocycles. The van der Waals surface area contributed by atoms with Crippen molar-refractivity contribution in [3.05, 3.63) is 42.0 Å². The summed E-state index contributed by atoms with van der Waals surface area (Å²) in [5.41, 5.74) is 2.36. The van der Waals surface area contributed by atoms with Crippen molar-refractivity contribution in [1.29, 1.82) is 0 Å². The van der Waals surface area contributed by atoms with E-state index < -0.39 is 0 Å². The van der Waals surface area contributed by atoms with Gasteiger partial charge in [0, 0.05) is 31.6 Å². The smallest absolute Gasteiger partial charge is 0.313 e. The summed E-state index contributed by atoms with van der Waals surface area (Å²) in [4.78, 5) is 13.2. The largest absolute Gasteiger partial charge is 1.00 e. The molecule has 4 heteroatoms. The Morgan fingerprint density at radius 1 is 1.10 bits per heavy atom. The van der Waals surface area contributed by atoms with E-state index in [4.69, 9.17) is 4.74 Å². The van der Waals surface area contributed by atoms with Crippen molar-refractivity contribution in [3.8, 4) is 0 Å². The van der Waals surface area contributed by atoms with E-state index in [9.17, 15) is 4.79 Å². The first-order chi connectivity index (χ1) is 14.0. The van der Waals surface area contributed by atoms with Crippen LogP contribution in [0.4, 0.5) is 0 Å². The van der Waals surface area contributed by atoms with E-state index in [1.54, 1.807) is 0 Å². The number of carbonyl (C=O) groups is 1. The van der Waals surface area contributed by atoms with E-state index in [1.165, 1.54) is 41.6 Å². The molecule has 4 rings (SSSR count). The molecule has 3 atom stereocenters. The number of hydrogen-bond donors (Lipinski definition) is 0. The number of allylic oxidation sites excluding steroid dienone is 1. The summed E-state index contributed by atoms with van der Waals surface area (Å²) in [5.74, 6) is 0.648. The molecule has 0 aromatic heterocycles. The van der Waals surface area contributed by atoms with Crippen molar-refractivity contribution in [3.63, 3.8) is 0 Å². The van der Waals surface area contributed by atoms with Gasteiger partial charge in [-0.1, -0.05) is 50.3 Å². The summed E-state index contributed by atoms with van der Waals surface area (Å²) < 4.78 is 7.48. The molecule has 3 nitrogen and oxygen atoms in total. The lowest BCUT2D eigenvalue weighted by atomic mass is 9.83. The minimum absolute atomic E-state index is 0. The summed E-state index contributed by atoms with van der Waals surface area (Å²) >= 11 is 0. The number of benzene rings is 1. The molecular weight excluding hydrogens is 485 g/mol. The van der Waals surface area contributed by atoms with Gasteiger partial charge in [0.25, 0.3) is 0 Å². The van der Waals surface area contributed by atoms with E-state index in [2.05, 4.69) is 51.1 Å². The molecular formula is C26H38INO2. The first-order valence-electron chi connectivity index (χ1n) is 11.9. The molecule has 3 aliphatic rings. The molecule has 2 heterocycles. The highest BCUT2D eigenvalue weighted by Gasteiger charge is 2.54. The maximum absolute atomic E-state index is 13.2. The van der Waals surface area contributed by atoms with Gasteiger partial charge in [0.05, 0.1) is 31.1 Å². The molecule has 0 radical (unpaired) electrons. The van der Waals surface area contributed by atoms with Crippen LogP contribution in [-0.4, -0.2) is 41.7 Å². The fraction of sp³-hybridized carbons (Fsp3) is 0.654. The first kappa shape index (κ1) is 23.8. The summed E-state index contributed by atoms with van der Waals surface area (Å²) in [5, 5.41) is 0. The standard InChI is InChI=1S/C26H38NO2.HI/c1-4-27(18-19(2)3)21-14-15-22(27)17-23(16-21)29-26(28)25-13-9-8-12-24(25)20-10-6-5-7-11-20;/h5-7,10-12,19,21-23,25H,4,8-9,13-18H2,1-3H3;1H/q+1;/p-1. The maximum atomic E-state index is 13.2. The Morgan fingerprint density at radius 2 is 1.77 bits per heavy atom. The van der Waals surface area contributed by atoms with Crippen LogP contribution in [0.3, 0.4) is 0 Å². The summed E-state index contributed by atoms with van der Waals surface area (Å²) in [7, 11) is 0. The predicted molar refractivity (Wildman–Crippen MR) is 118 cm³/mol. The second-order valence-electron chi connectivity index (χ2n) is 9.92. The molecule has 30 heavy (non-hydrogen) atoms. The molecule has 2 fully saturated rings. The van der Waals surface area contributed by atoms with Gasteiger partial charge in [0.15, 0.2) is 0 Å². The highest BCUT2D eigenvalue weighted by molar-refractivity contribution is 5.89. The van der Waals surface area contributed by atoms with Crippen LogP contribution in [-0.2, 0) is 9.53 Å². The van der Waals surface area contributed by atoms with Gasteiger partial charge in [-0.2, -0.15) is 0 Å². The highest BCUT2D eigenvalue weighted by Crippen LogP contribution is 2.44. The molecule has 1 aromatic carbocycles. The SMILES string of the molecule is CC[N+]1(CC(C)C)C2CCC1CC(OC(=O)C1CCCC=C1c1ccccc1)C2.[I-]. The Hall–Kier alpha value is -0.880. The van der Waals surface area contributed by atoms with Gasteiger partial charge in [-0.3, -0.25) is 4.79 Å². The van der Waals surface area contributed by atoms with Crippen LogP contribution in [0.1, 0.15) is 71.3 Å². The number of halogens is 1. The third kappa shape index (κ3) is 4.64. The molecule has 3 unspecified atom stereocenters. The number of nitrogens with zero attached hydrogens (tertiary/aromatic N) is 1. The summed E-state index contributed by atoms with van der Waals surface area (Å²) in [6.45, 7) is 9.55. The van der Waals surface area contributed by atoms with Crippen LogP contribution < -0.4 is 24.0 Å². The van der Waals surface area contributed by atoms with E-state index in [0.29, 0.717) is 12.1 Å². The molecule has 0 spiro atoms. The van der Waals surface area contributed by atoms with Crippen molar-refractivity contribution in [1.82, 2.24) is 0 Å². The summed E-state index contributed by atoms with van der Waals surface area (Å²) in [6, 6.07) is 11.7. The number of rotatable bonds is 6. The Morgan fingerprint density at radius 3 is 2.37 bits per heavy atom. The van der Waals surface area contributed by atoms with E-state index in [0.717, 1.165) is 38.0 Å². The number of carbonyl (C=O) groups excluding carboxylic acids is 1. The van der Waals surface area contributed by atoms with Gasteiger partial charge >= 0.3 is 5.97 Å². The lowest BCUT2D eigenvalue weighted by Gasteiger charge is -2.50. The van der Waals surface area contributed by atoms with Gasteiger partial charge in [-0.25, -0.2) is 0 Å². The molecule has 0 N–H and O–H groups in total. The first-order valence-corrected chi connectivity index (χ1v) is 11.9. The third-order valence-corrected chi connectivity index (χ3v) is 7.76. The second-order valence-corrected chi connectivity index (χ2v) is 9.92. The van der Waals surface area contributed by atoms with E-state index in [1.807, 2.05) is 6.07 Å². The van der Waals surface area contributed by atoms with Crippen LogP contribution in [0, 0.1) is 11.8 Å². The number of piperidine rings is 1. The van der Waals surface area contributed by atoms with Crippen LogP contribution in [0.25, 0.3) is 5.57 Å². The van der Waals surface area contributed by atoms with Gasteiger partial charge in [0.2, 0.25) is 0 Å². The minimum Gasteiger partial charge on any atom is -1.00 e. The molecule has 0 saturated carbocycles. The number of ether oxygens (including phenoxy) is 1. The monoisotopic (exact) mass is 523 g/mol. The van der Waals surface area contributed by atoms with Crippen molar-refractivity contribution >= 4 is 11.5 Å². The third-order valence-electron chi connectivity index (χ3n) is 7.76. The lowest BCUT2D eigenvalue weighted by Crippen LogP contribution is -3.00. The Labute approximate surface area is 199 Å². The van der Waals surface area contributed by atoms with Gasteiger partial charge in [-0.05, 0) is 37.3 Å². The Kier molecular flexibility index (Phi) is 8.05. The lowest BCUT2D eigenvalue weighted by molar-refractivity contribution is -0.967. The molecule has 2 aliphatic heterocycles. The normalized spacial score (nSPS) is 33.0. The molecule has 2 bridgehead atoms. The quantitative estimate of drug-likeness (QED) is 0.326. The van der Waals surface area contributed by atoms with Gasteiger partial charge < -0.3 is 33.2 Å². The van der Waals surface area contributed by atoms with Crippen molar-refractivity contribution in [2.24, 2.45) is 11.8 Å². The minimum atomic E-state index is -0.0909. The fourth-order valence-electron chi connectivity index (χ4n) is 6.59. The number of hydrogen-bond acceptors (Lipinski definition) is 2. The Bertz CT molecular complexity index is 731. The Balaban J connectivity index is 0.00000256. The van der Waals surface area contributed by atoms with Crippen LogP contribution in [0.15, 0.2) is 36.4 Å². The molecule has 1 aromatic rings. The number of esters is 1.